The van der Waals surface area contributed by atoms with Crippen molar-refractivity contribution in [2.24, 2.45) is 0 Å². The summed E-state index contributed by atoms with van der Waals surface area (Å²) in [7, 11) is -2.46. The van der Waals surface area contributed by atoms with Crippen LogP contribution >= 0.6 is 23.2 Å². The van der Waals surface area contributed by atoms with Gasteiger partial charge in [-0.05, 0) is 18.2 Å². The molecule has 0 spiro atoms. The van der Waals surface area contributed by atoms with Gasteiger partial charge in [0.2, 0.25) is 0 Å². The Kier molecular flexibility index (Phi) is 3.74. The summed E-state index contributed by atoms with van der Waals surface area (Å²) < 4.78 is 22.7. The van der Waals surface area contributed by atoms with Gasteiger partial charge in [-0.25, -0.2) is 8.42 Å². The van der Waals surface area contributed by atoms with E-state index < -0.39 is 10.0 Å². The molecule has 0 heterocycles. The molecule has 78 valence electrons. The van der Waals surface area contributed by atoms with E-state index >= 15 is 0 Å². The van der Waals surface area contributed by atoms with Crippen LogP contribution < -0.4 is 4.89 Å². The van der Waals surface area contributed by atoms with Gasteiger partial charge in [-0.15, -0.1) is 0 Å². The second-order valence-corrected chi connectivity index (χ2v) is 4.83. The van der Waals surface area contributed by atoms with Crippen molar-refractivity contribution in [3.05, 3.63) is 28.2 Å². The third kappa shape index (κ3) is 2.59. The van der Waals surface area contributed by atoms with Crippen molar-refractivity contribution in [1.82, 2.24) is 4.89 Å². The first-order valence-corrected chi connectivity index (χ1v) is 5.71. The Hall–Kier alpha value is -0.330. The fraction of sp³-hybridized carbons (Fsp3) is 0.143. The Bertz CT molecular complexity index is 433. The highest BCUT2D eigenvalue weighted by molar-refractivity contribution is 7.89. The van der Waals surface area contributed by atoms with Gasteiger partial charge in [-0.3, -0.25) is 4.84 Å². The number of sulfonamides is 1. The zero-order valence-corrected chi connectivity index (χ0v) is 9.45. The van der Waals surface area contributed by atoms with Gasteiger partial charge in [0, 0.05) is 0 Å². The monoisotopic (exact) mass is 255 g/mol. The molecule has 0 aliphatic carbocycles. The predicted octanol–water partition coefficient (Wildman–Crippen LogP) is 1.83. The molecule has 0 aromatic heterocycles. The van der Waals surface area contributed by atoms with Crippen molar-refractivity contribution < 1.29 is 13.3 Å². The molecule has 0 fully saturated rings. The van der Waals surface area contributed by atoms with Gasteiger partial charge in [-0.2, -0.15) is 0 Å². The summed E-state index contributed by atoms with van der Waals surface area (Å²) in [6.45, 7) is 0. The molecule has 0 aliphatic heterocycles. The van der Waals surface area contributed by atoms with E-state index in [2.05, 4.69) is 4.84 Å². The summed E-state index contributed by atoms with van der Waals surface area (Å²) in [4.78, 5) is 6.17. The van der Waals surface area contributed by atoms with E-state index in [1.54, 1.807) is 0 Å². The first kappa shape index (κ1) is 11.7. The van der Waals surface area contributed by atoms with Crippen LogP contribution in [-0.4, -0.2) is 15.5 Å². The van der Waals surface area contributed by atoms with Crippen LogP contribution in [0.3, 0.4) is 0 Å². The predicted molar refractivity (Wildman–Crippen MR) is 53.8 cm³/mol. The first-order chi connectivity index (χ1) is 6.47. The molecule has 1 N–H and O–H groups in total. The Morgan fingerprint density at radius 1 is 1.29 bits per heavy atom. The van der Waals surface area contributed by atoms with Gasteiger partial charge in [0.1, 0.15) is 0 Å². The fourth-order valence-electron chi connectivity index (χ4n) is 0.802. The summed E-state index contributed by atoms with van der Waals surface area (Å²) in [5.41, 5.74) is 0. The molecule has 1 aromatic carbocycles. The molecule has 1 rings (SSSR count). The van der Waals surface area contributed by atoms with E-state index in [-0.39, 0.29) is 9.92 Å². The van der Waals surface area contributed by atoms with Crippen LogP contribution in [0.25, 0.3) is 0 Å². The maximum Gasteiger partial charge on any atom is 0.262 e. The van der Waals surface area contributed by atoms with Gasteiger partial charge < -0.3 is 0 Å². The quantitative estimate of drug-likeness (QED) is 0.839. The molecule has 7 heteroatoms. The molecule has 0 radical (unpaired) electrons. The molecule has 1 aromatic rings. The lowest BCUT2D eigenvalue weighted by Gasteiger charge is -2.04. The maximum absolute atomic E-state index is 11.4. The summed E-state index contributed by atoms with van der Waals surface area (Å²) in [6, 6.07) is 3.97. The number of hydrogen-bond acceptors (Lipinski definition) is 3. The van der Waals surface area contributed by atoms with E-state index in [0.29, 0.717) is 5.02 Å². The number of nitrogens with one attached hydrogen (secondary N) is 1. The summed E-state index contributed by atoms with van der Waals surface area (Å²) >= 11 is 11.3. The molecule has 0 bridgehead atoms. The van der Waals surface area contributed by atoms with Crippen molar-refractivity contribution in [2.75, 3.05) is 7.11 Å². The second kappa shape index (κ2) is 4.46. The highest BCUT2D eigenvalue weighted by Crippen LogP contribution is 2.24. The molecule has 0 aliphatic rings. The Morgan fingerprint density at radius 2 is 1.93 bits per heavy atom. The van der Waals surface area contributed by atoms with Crippen molar-refractivity contribution >= 4 is 33.2 Å². The van der Waals surface area contributed by atoms with E-state index in [1.807, 2.05) is 4.89 Å². The minimum Gasteiger partial charge on any atom is -0.290 e. The van der Waals surface area contributed by atoms with Crippen LogP contribution in [0, 0.1) is 0 Å². The standard InChI is InChI=1S/C7H7Cl2NO3S/c1-13-10-14(11,12)5-2-3-6(8)7(9)4-5/h2-4,10H,1H3. The SMILES string of the molecule is CONS(=O)(=O)c1ccc(Cl)c(Cl)c1. The summed E-state index contributed by atoms with van der Waals surface area (Å²) in [5, 5.41) is 0.466. The van der Waals surface area contributed by atoms with Gasteiger partial charge in [-0.1, -0.05) is 28.1 Å². The Labute approximate surface area is 91.8 Å². The molecule has 4 nitrogen and oxygen atoms in total. The molecular weight excluding hydrogens is 249 g/mol. The number of halogens is 2. The Morgan fingerprint density at radius 3 is 2.43 bits per heavy atom. The van der Waals surface area contributed by atoms with Crippen LogP contribution in [0.4, 0.5) is 0 Å². The van der Waals surface area contributed by atoms with E-state index in [9.17, 15) is 8.42 Å². The minimum absolute atomic E-state index is 0.00579. The zero-order valence-electron chi connectivity index (χ0n) is 7.12. The van der Waals surface area contributed by atoms with Gasteiger partial charge in [0.25, 0.3) is 10.0 Å². The zero-order chi connectivity index (χ0) is 10.8. The molecule has 0 atom stereocenters. The molecule has 0 amide bonds. The van der Waals surface area contributed by atoms with Crippen LogP contribution in [0.2, 0.25) is 10.0 Å². The number of rotatable bonds is 3. The van der Waals surface area contributed by atoms with Crippen molar-refractivity contribution in [3.63, 3.8) is 0 Å². The molecule has 14 heavy (non-hydrogen) atoms. The molecule has 0 saturated heterocycles. The summed E-state index contributed by atoms with van der Waals surface area (Å²) in [5.74, 6) is 0. The topological polar surface area (TPSA) is 55.4 Å². The smallest absolute Gasteiger partial charge is 0.262 e. The third-order valence-corrected chi connectivity index (χ3v) is 3.39. The minimum atomic E-state index is -3.66. The van der Waals surface area contributed by atoms with Crippen molar-refractivity contribution in [1.29, 1.82) is 0 Å². The maximum atomic E-state index is 11.4. The lowest BCUT2D eigenvalue weighted by Crippen LogP contribution is -2.22. The lowest BCUT2D eigenvalue weighted by molar-refractivity contribution is 0.153. The number of hydrogen-bond donors (Lipinski definition) is 1. The van der Waals surface area contributed by atoms with Crippen LogP contribution in [0.5, 0.6) is 0 Å². The normalized spacial score (nSPS) is 11.6. The van der Waals surface area contributed by atoms with Crippen molar-refractivity contribution in [2.45, 2.75) is 4.90 Å². The third-order valence-electron chi connectivity index (χ3n) is 1.39. The highest BCUT2D eigenvalue weighted by atomic mass is 35.5. The Balaban J connectivity index is 3.15. The van der Waals surface area contributed by atoms with Crippen LogP contribution in [0.1, 0.15) is 0 Å². The molecule has 0 saturated carbocycles. The van der Waals surface area contributed by atoms with E-state index in [4.69, 9.17) is 23.2 Å². The number of benzene rings is 1. The average molecular weight is 256 g/mol. The largest absolute Gasteiger partial charge is 0.290 e. The van der Waals surface area contributed by atoms with E-state index in [0.717, 1.165) is 0 Å². The first-order valence-electron chi connectivity index (χ1n) is 3.47. The highest BCUT2D eigenvalue weighted by Gasteiger charge is 2.14. The fourth-order valence-corrected chi connectivity index (χ4v) is 2.00. The van der Waals surface area contributed by atoms with Gasteiger partial charge in [0.15, 0.2) is 0 Å². The van der Waals surface area contributed by atoms with Gasteiger partial charge in [0.05, 0.1) is 22.1 Å². The summed E-state index contributed by atoms with van der Waals surface area (Å²) in [6.07, 6.45) is 0. The molecular formula is C7H7Cl2NO3S. The average Bonchev–Trinajstić information content (AvgIpc) is 2.09. The van der Waals surface area contributed by atoms with Crippen molar-refractivity contribution in [3.8, 4) is 0 Å². The second-order valence-electron chi connectivity index (χ2n) is 2.37. The van der Waals surface area contributed by atoms with E-state index in [1.165, 1.54) is 25.3 Å². The van der Waals surface area contributed by atoms with Crippen LogP contribution in [0.15, 0.2) is 23.1 Å². The van der Waals surface area contributed by atoms with Crippen LogP contribution in [-0.2, 0) is 14.9 Å². The molecule has 0 unspecified atom stereocenters. The lowest BCUT2D eigenvalue weighted by atomic mass is 10.4. The van der Waals surface area contributed by atoms with Gasteiger partial charge >= 0.3 is 0 Å².